The number of benzene rings is 1. The molecule has 0 fully saturated rings. The largest absolute Gasteiger partial charge is 0.494 e. The lowest BCUT2D eigenvalue weighted by atomic mass is 10.0. The topological polar surface area (TPSA) is 55.8 Å². The Morgan fingerprint density at radius 2 is 2.16 bits per heavy atom. The number of aliphatic hydroxyl groups excluding tert-OH is 1. The second-order valence-corrected chi connectivity index (χ2v) is 4.28. The Hall–Kier alpha value is -1.55. The molecule has 1 unspecified atom stereocenters. The third-order valence-electron chi connectivity index (χ3n) is 2.64. The SMILES string of the molecule is CCCOc1cccc(C(O)CCC(=O)OCC)c1. The Labute approximate surface area is 114 Å². The number of aliphatic hydroxyl groups is 1. The summed E-state index contributed by atoms with van der Waals surface area (Å²) in [5.74, 6) is 0.467. The number of carbonyl (C=O) groups excluding carboxylic acids is 1. The number of hydrogen-bond acceptors (Lipinski definition) is 4. The van der Waals surface area contributed by atoms with Crippen molar-refractivity contribution in [3.8, 4) is 5.75 Å². The molecule has 1 atom stereocenters. The minimum absolute atomic E-state index is 0.217. The van der Waals surface area contributed by atoms with Crippen molar-refractivity contribution in [3.63, 3.8) is 0 Å². The summed E-state index contributed by atoms with van der Waals surface area (Å²) in [7, 11) is 0. The molecule has 4 nitrogen and oxygen atoms in total. The van der Waals surface area contributed by atoms with Crippen LogP contribution in [0.15, 0.2) is 24.3 Å². The van der Waals surface area contributed by atoms with Gasteiger partial charge in [-0.05, 0) is 37.5 Å². The van der Waals surface area contributed by atoms with E-state index in [4.69, 9.17) is 9.47 Å². The Kier molecular flexibility index (Phi) is 6.97. The van der Waals surface area contributed by atoms with Crippen LogP contribution < -0.4 is 4.74 Å². The predicted molar refractivity (Wildman–Crippen MR) is 73.1 cm³/mol. The molecule has 1 aromatic carbocycles. The van der Waals surface area contributed by atoms with Gasteiger partial charge in [0.1, 0.15) is 5.75 Å². The predicted octanol–water partition coefficient (Wildman–Crippen LogP) is 2.85. The van der Waals surface area contributed by atoms with E-state index in [9.17, 15) is 9.90 Å². The lowest BCUT2D eigenvalue weighted by Gasteiger charge is -2.12. The van der Waals surface area contributed by atoms with Crippen molar-refractivity contribution >= 4 is 5.97 Å². The fraction of sp³-hybridized carbons (Fsp3) is 0.533. The van der Waals surface area contributed by atoms with E-state index < -0.39 is 6.10 Å². The molecule has 0 saturated carbocycles. The van der Waals surface area contributed by atoms with E-state index >= 15 is 0 Å². The quantitative estimate of drug-likeness (QED) is 0.735. The van der Waals surface area contributed by atoms with Gasteiger partial charge in [0.2, 0.25) is 0 Å². The summed E-state index contributed by atoms with van der Waals surface area (Å²) in [6.07, 6.45) is 0.843. The summed E-state index contributed by atoms with van der Waals surface area (Å²) in [4.78, 5) is 11.2. The van der Waals surface area contributed by atoms with Crippen molar-refractivity contribution in [1.82, 2.24) is 0 Å². The van der Waals surface area contributed by atoms with Crippen LogP contribution in [0.2, 0.25) is 0 Å². The standard InChI is InChI=1S/C15H22O4/c1-3-10-19-13-7-5-6-12(11-13)14(16)8-9-15(17)18-4-2/h5-7,11,14,16H,3-4,8-10H2,1-2H3. The molecule has 0 saturated heterocycles. The summed E-state index contributed by atoms with van der Waals surface area (Å²) in [6.45, 7) is 4.83. The highest BCUT2D eigenvalue weighted by Crippen LogP contribution is 2.23. The van der Waals surface area contributed by atoms with Gasteiger partial charge in [0.15, 0.2) is 0 Å². The van der Waals surface area contributed by atoms with Crippen LogP contribution in [0.1, 0.15) is 44.8 Å². The molecule has 19 heavy (non-hydrogen) atoms. The summed E-state index contributed by atoms with van der Waals surface area (Å²) in [5, 5.41) is 10.0. The highest BCUT2D eigenvalue weighted by molar-refractivity contribution is 5.69. The second kappa shape index (κ2) is 8.53. The Bertz CT molecular complexity index is 389. The van der Waals surface area contributed by atoms with E-state index in [1.807, 2.05) is 31.2 Å². The van der Waals surface area contributed by atoms with Crippen LogP contribution in [0.4, 0.5) is 0 Å². The van der Waals surface area contributed by atoms with Crippen molar-refractivity contribution in [1.29, 1.82) is 0 Å². The Morgan fingerprint density at radius 1 is 1.37 bits per heavy atom. The lowest BCUT2D eigenvalue weighted by molar-refractivity contribution is -0.143. The molecule has 4 heteroatoms. The lowest BCUT2D eigenvalue weighted by Crippen LogP contribution is -2.07. The first-order chi connectivity index (χ1) is 9.17. The van der Waals surface area contributed by atoms with Crippen LogP contribution in [0, 0.1) is 0 Å². The van der Waals surface area contributed by atoms with Gasteiger partial charge in [-0.3, -0.25) is 4.79 Å². The number of rotatable bonds is 8. The first kappa shape index (κ1) is 15.5. The van der Waals surface area contributed by atoms with Crippen molar-refractivity contribution in [3.05, 3.63) is 29.8 Å². The van der Waals surface area contributed by atoms with Gasteiger partial charge in [-0.25, -0.2) is 0 Å². The fourth-order valence-corrected chi connectivity index (χ4v) is 1.69. The van der Waals surface area contributed by atoms with Crippen molar-refractivity contribution < 1.29 is 19.4 Å². The first-order valence-electron chi connectivity index (χ1n) is 6.73. The summed E-state index contributed by atoms with van der Waals surface area (Å²) >= 11 is 0. The van der Waals surface area contributed by atoms with Gasteiger partial charge in [-0.2, -0.15) is 0 Å². The minimum atomic E-state index is -0.672. The maximum Gasteiger partial charge on any atom is 0.305 e. The van der Waals surface area contributed by atoms with E-state index in [0.717, 1.165) is 17.7 Å². The van der Waals surface area contributed by atoms with Gasteiger partial charge >= 0.3 is 5.97 Å². The van der Waals surface area contributed by atoms with Crippen LogP contribution >= 0.6 is 0 Å². The Balaban J connectivity index is 2.51. The summed E-state index contributed by atoms with van der Waals surface area (Å²) in [6, 6.07) is 7.34. The van der Waals surface area contributed by atoms with E-state index in [-0.39, 0.29) is 12.4 Å². The second-order valence-electron chi connectivity index (χ2n) is 4.28. The number of hydrogen-bond donors (Lipinski definition) is 1. The first-order valence-corrected chi connectivity index (χ1v) is 6.73. The van der Waals surface area contributed by atoms with Crippen LogP contribution in [-0.4, -0.2) is 24.3 Å². The monoisotopic (exact) mass is 266 g/mol. The smallest absolute Gasteiger partial charge is 0.305 e. The number of carbonyl (C=O) groups is 1. The third-order valence-corrected chi connectivity index (χ3v) is 2.64. The van der Waals surface area contributed by atoms with Crippen molar-refractivity contribution in [2.75, 3.05) is 13.2 Å². The molecular weight excluding hydrogens is 244 g/mol. The molecule has 0 amide bonds. The molecular formula is C15H22O4. The molecule has 0 aliphatic heterocycles. The van der Waals surface area contributed by atoms with Gasteiger partial charge in [-0.1, -0.05) is 19.1 Å². The summed E-state index contributed by atoms with van der Waals surface area (Å²) in [5.41, 5.74) is 0.762. The average Bonchev–Trinajstić information content (AvgIpc) is 2.43. The van der Waals surface area contributed by atoms with Gasteiger partial charge < -0.3 is 14.6 Å². The normalized spacial score (nSPS) is 11.9. The highest BCUT2D eigenvalue weighted by Gasteiger charge is 2.11. The van der Waals surface area contributed by atoms with Gasteiger partial charge in [-0.15, -0.1) is 0 Å². The van der Waals surface area contributed by atoms with Crippen LogP contribution in [0.5, 0.6) is 5.75 Å². The average molecular weight is 266 g/mol. The molecule has 0 spiro atoms. The van der Waals surface area contributed by atoms with E-state index in [2.05, 4.69) is 0 Å². The van der Waals surface area contributed by atoms with Crippen LogP contribution in [0.3, 0.4) is 0 Å². The minimum Gasteiger partial charge on any atom is -0.494 e. The van der Waals surface area contributed by atoms with Crippen LogP contribution in [0.25, 0.3) is 0 Å². The number of esters is 1. The Morgan fingerprint density at radius 3 is 2.84 bits per heavy atom. The molecule has 106 valence electrons. The molecule has 0 heterocycles. The highest BCUT2D eigenvalue weighted by atomic mass is 16.5. The van der Waals surface area contributed by atoms with Crippen LogP contribution in [-0.2, 0) is 9.53 Å². The fourth-order valence-electron chi connectivity index (χ4n) is 1.69. The van der Waals surface area contributed by atoms with Crippen molar-refractivity contribution in [2.24, 2.45) is 0 Å². The molecule has 0 bridgehead atoms. The van der Waals surface area contributed by atoms with E-state index in [1.54, 1.807) is 6.92 Å². The van der Waals surface area contributed by atoms with E-state index in [1.165, 1.54) is 0 Å². The molecule has 1 rings (SSSR count). The molecule has 0 aliphatic carbocycles. The molecule has 1 N–H and O–H groups in total. The van der Waals surface area contributed by atoms with Crippen molar-refractivity contribution in [2.45, 2.75) is 39.2 Å². The zero-order valence-corrected chi connectivity index (χ0v) is 11.6. The van der Waals surface area contributed by atoms with Gasteiger partial charge in [0.25, 0.3) is 0 Å². The maximum atomic E-state index is 11.2. The number of ether oxygens (including phenoxy) is 2. The molecule has 0 aliphatic rings. The molecule has 1 aromatic rings. The maximum absolute atomic E-state index is 11.2. The zero-order valence-electron chi connectivity index (χ0n) is 11.6. The summed E-state index contributed by atoms with van der Waals surface area (Å²) < 4.78 is 10.3. The molecule has 0 aromatic heterocycles. The van der Waals surface area contributed by atoms with E-state index in [0.29, 0.717) is 19.6 Å². The zero-order chi connectivity index (χ0) is 14.1. The van der Waals surface area contributed by atoms with Gasteiger partial charge in [0.05, 0.1) is 19.3 Å². The van der Waals surface area contributed by atoms with Gasteiger partial charge in [0, 0.05) is 6.42 Å². The third kappa shape index (κ3) is 5.75. The molecule has 0 radical (unpaired) electrons.